The predicted octanol–water partition coefficient (Wildman–Crippen LogP) is 1.90. The third kappa shape index (κ3) is 8.39. The first-order chi connectivity index (χ1) is 10.8. The van der Waals surface area contributed by atoms with Gasteiger partial charge in [-0.25, -0.2) is 4.79 Å². The molecule has 0 saturated carbocycles. The topological polar surface area (TPSA) is 97.3 Å². The molecule has 0 saturated heterocycles. The minimum atomic E-state index is -0.637. The van der Waals surface area contributed by atoms with Crippen LogP contribution in [0.25, 0.3) is 0 Å². The van der Waals surface area contributed by atoms with Crippen LogP contribution in [0.15, 0.2) is 18.2 Å². The largest absolute Gasteiger partial charge is 0.493 e. The lowest BCUT2D eigenvalue weighted by molar-refractivity contribution is -0.0101. The number of hydrogen-bond donors (Lipinski definition) is 3. The summed E-state index contributed by atoms with van der Waals surface area (Å²) in [4.78, 5) is 16.3. The Morgan fingerprint density at radius 1 is 1.09 bits per heavy atom. The number of amides is 1. The van der Waals surface area contributed by atoms with E-state index < -0.39 is 11.7 Å². The summed E-state index contributed by atoms with van der Waals surface area (Å²) >= 11 is 0. The molecule has 0 aliphatic carbocycles. The lowest BCUT2D eigenvalue weighted by Crippen LogP contribution is -2.32. The van der Waals surface area contributed by atoms with Crippen LogP contribution in [-0.2, 0) is 22.8 Å². The summed E-state index contributed by atoms with van der Waals surface area (Å²) in [6, 6.07) is 5.12. The molecule has 0 radical (unpaired) electrons. The van der Waals surface area contributed by atoms with Crippen molar-refractivity contribution in [3.63, 3.8) is 0 Å². The molecule has 0 heterocycles. The molecular weight excluding hydrogens is 302 g/mol. The van der Waals surface area contributed by atoms with E-state index in [2.05, 4.69) is 5.48 Å². The standard InChI is InChI=1S/C16H25NO6/c1-16(2,3)23-15(20)17-22-6-4-5-21-14-8-12(10-18)7-13(9-14)11-19/h7-9,18-19H,4-6,10-11H2,1-3H3,(H,17,20). The fourth-order valence-electron chi connectivity index (χ4n) is 1.72. The maximum atomic E-state index is 11.3. The van der Waals surface area contributed by atoms with E-state index in [0.717, 1.165) is 0 Å². The first-order valence-electron chi connectivity index (χ1n) is 7.42. The molecule has 23 heavy (non-hydrogen) atoms. The van der Waals surface area contributed by atoms with Crippen LogP contribution in [0.2, 0.25) is 0 Å². The molecule has 0 atom stereocenters. The molecule has 0 bridgehead atoms. The summed E-state index contributed by atoms with van der Waals surface area (Å²) in [5.74, 6) is 0.570. The van der Waals surface area contributed by atoms with Gasteiger partial charge in [0.05, 0.1) is 26.4 Å². The maximum Gasteiger partial charge on any atom is 0.431 e. The van der Waals surface area contributed by atoms with Crippen LogP contribution in [0.1, 0.15) is 38.3 Å². The monoisotopic (exact) mass is 327 g/mol. The third-order valence-electron chi connectivity index (χ3n) is 2.61. The highest BCUT2D eigenvalue weighted by molar-refractivity contribution is 5.66. The SMILES string of the molecule is CC(C)(C)OC(=O)NOCCCOc1cc(CO)cc(CO)c1. The number of carbonyl (C=O) groups is 1. The molecule has 0 spiro atoms. The normalized spacial score (nSPS) is 11.2. The number of rotatable bonds is 8. The molecule has 1 amide bonds. The van der Waals surface area contributed by atoms with Crippen LogP contribution >= 0.6 is 0 Å². The molecule has 130 valence electrons. The van der Waals surface area contributed by atoms with Crippen molar-refractivity contribution in [2.75, 3.05) is 13.2 Å². The first-order valence-corrected chi connectivity index (χ1v) is 7.42. The Morgan fingerprint density at radius 2 is 1.70 bits per heavy atom. The van der Waals surface area contributed by atoms with E-state index in [1.54, 1.807) is 39.0 Å². The van der Waals surface area contributed by atoms with Crippen LogP contribution in [0, 0.1) is 0 Å². The molecule has 7 heteroatoms. The molecule has 0 aliphatic rings. The van der Waals surface area contributed by atoms with E-state index in [9.17, 15) is 4.79 Å². The van der Waals surface area contributed by atoms with Gasteiger partial charge in [0.1, 0.15) is 11.4 Å². The molecule has 7 nitrogen and oxygen atoms in total. The average molecular weight is 327 g/mol. The number of hydrogen-bond acceptors (Lipinski definition) is 6. The van der Waals surface area contributed by atoms with Crippen LogP contribution in [0.5, 0.6) is 5.75 Å². The fraction of sp³-hybridized carbons (Fsp3) is 0.562. The van der Waals surface area contributed by atoms with Crippen molar-refractivity contribution >= 4 is 6.09 Å². The highest BCUT2D eigenvalue weighted by Crippen LogP contribution is 2.18. The lowest BCUT2D eigenvalue weighted by Gasteiger charge is -2.19. The lowest BCUT2D eigenvalue weighted by atomic mass is 10.1. The number of ether oxygens (including phenoxy) is 2. The summed E-state index contributed by atoms with van der Waals surface area (Å²) in [6.45, 7) is 5.70. The van der Waals surface area contributed by atoms with E-state index in [4.69, 9.17) is 24.5 Å². The van der Waals surface area contributed by atoms with Crippen LogP contribution in [-0.4, -0.2) is 35.1 Å². The van der Waals surface area contributed by atoms with Gasteiger partial charge in [0.15, 0.2) is 0 Å². The predicted molar refractivity (Wildman–Crippen MR) is 83.7 cm³/mol. The Kier molecular flexibility index (Phi) is 7.80. The van der Waals surface area contributed by atoms with E-state index in [1.807, 2.05) is 0 Å². The van der Waals surface area contributed by atoms with E-state index in [-0.39, 0.29) is 19.8 Å². The van der Waals surface area contributed by atoms with Gasteiger partial charge in [0.2, 0.25) is 0 Å². The zero-order valence-electron chi connectivity index (χ0n) is 13.8. The summed E-state index contributed by atoms with van der Waals surface area (Å²) < 4.78 is 10.5. The van der Waals surface area contributed by atoms with Gasteiger partial charge in [0.25, 0.3) is 0 Å². The van der Waals surface area contributed by atoms with Gasteiger partial charge >= 0.3 is 6.09 Å². The van der Waals surface area contributed by atoms with Crippen LogP contribution in [0.3, 0.4) is 0 Å². The second-order valence-corrected chi connectivity index (χ2v) is 5.96. The van der Waals surface area contributed by atoms with Crippen molar-refractivity contribution in [3.05, 3.63) is 29.3 Å². The van der Waals surface area contributed by atoms with Gasteiger partial charge in [0, 0.05) is 6.42 Å². The Hall–Kier alpha value is -1.83. The Labute approximate surface area is 136 Å². The fourth-order valence-corrected chi connectivity index (χ4v) is 1.72. The molecule has 0 aliphatic heterocycles. The van der Waals surface area contributed by atoms with E-state index in [0.29, 0.717) is 29.9 Å². The van der Waals surface area contributed by atoms with Gasteiger partial charge in [-0.3, -0.25) is 4.84 Å². The molecule has 0 fully saturated rings. The first kappa shape index (κ1) is 19.2. The molecule has 0 aromatic heterocycles. The van der Waals surface area contributed by atoms with Crippen LogP contribution in [0.4, 0.5) is 4.79 Å². The highest BCUT2D eigenvalue weighted by Gasteiger charge is 2.15. The zero-order chi connectivity index (χ0) is 17.3. The average Bonchev–Trinajstić information content (AvgIpc) is 2.48. The third-order valence-corrected chi connectivity index (χ3v) is 2.61. The van der Waals surface area contributed by atoms with Gasteiger partial charge in [-0.05, 0) is 44.0 Å². The van der Waals surface area contributed by atoms with Gasteiger partial charge in [-0.1, -0.05) is 6.07 Å². The van der Waals surface area contributed by atoms with E-state index >= 15 is 0 Å². The van der Waals surface area contributed by atoms with Crippen molar-refractivity contribution in [1.82, 2.24) is 5.48 Å². The van der Waals surface area contributed by atoms with Gasteiger partial charge in [-0.15, -0.1) is 0 Å². The number of nitrogens with one attached hydrogen (secondary N) is 1. The Bertz CT molecular complexity index is 476. The Morgan fingerprint density at radius 3 is 2.22 bits per heavy atom. The van der Waals surface area contributed by atoms with Crippen molar-refractivity contribution in [3.8, 4) is 5.75 Å². The molecule has 0 unspecified atom stereocenters. The second-order valence-electron chi connectivity index (χ2n) is 5.96. The summed E-state index contributed by atoms with van der Waals surface area (Å²) in [5, 5.41) is 18.3. The smallest absolute Gasteiger partial charge is 0.431 e. The van der Waals surface area contributed by atoms with Crippen molar-refractivity contribution in [2.24, 2.45) is 0 Å². The van der Waals surface area contributed by atoms with Gasteiger partial charge < -0.3 is 19.7 Å². The quantitative estimate of drug-likeness (QED) is 0.498. The van der Waals surface area contributed by atoms with Gasteiger partial charge in [-0.2, -0.15) is 5.48 Å². The highest BCUT2D eigenvalue weighted by atomic mass is 16.7. The van der Waals surface area contributed by atoms with Crippen LogP contribution < -0.4 is 10.2 Å². The van der Waals surface area contributed by atoms with Crippen molar-refractivity contribution in [1.29, 1.82) is 0 Å². The summed E-state index contributed by atoms with van der Waals surface area (Å²) in [5.41, 5.74) is 2.97. The minimum Gasteiger partial charge on any atom is -0.493 e. The number of aliphatic hydroxyl groups is 2. The summed E-state index contributed by atoms with van der Waals surface area (Å²) in [7, 11) is 0. The van der Waals surface area contributed by atoms with E-state index in [1.165, 1.54) is 0 Å². The molecule has 1 rings (SSSR count). The molecule has 1 aromatic carbocycles. The molecule has 1 aromatic rings. The number of hydroxylamine groups is 1. The minimum absolute atomic E-state index is 0.118. The number of aliphatic hydroxyl groups excluding tert-OH is 2. The molecule has 3 N–H and O–H groups in total. The molecular formula is C16H25NO6. The zero-order valence-corrected chi connectivity index (χ0v) is 13.8. The maximum absolute atomic E-state index is 11.3. The van der Waals surface area contributed by atoms with Crippen molar-refractivity contribution in [2.45, 2.75) is 46.0 Å². The number of benzene rings is 1. The Balaban J connectivity index is 2.24. The van der Waals surface area contributed by atoms with Crippen molar-refractivity contribution < 1.29 is 29.3 Å². The second kappa shape index (κ2) is 9.34. The number of carbonyl (C=O) groups excluding carboxylic acids is 1. The summed E-state index contributed by atoms with van der Waals surface area (Å²) in [6.07, 6.45) is -0.0881.